The highest BCUT2D eigenvalue weighted by atomic mass is 16.6. The van der Waals surface area contributed by atoms with Crippen LogP contribution in [0.1, 0.15) is 44.0 Å². The first-order valence-corrected chi connectivity index (χ1v) is 6.60. The van der Waals surface area contributed by atoms with Gasteiger partial charge in [-0.25, -0.2) is 4.79 Å². The van der Waals surface area contributed by atoms with E-state index in [0.717, 1.165) is 12.8 Å². The quantitative estimate of drug-likeness (QED) is 0.588. The molecule has 0 heterocycles. The maximum Gasteiger partial charge on any atom is 0.338 e. The smallest absolute Gasteiger partial charge is 0.338 e. The average Bonchev–Trinajstić information content (AvgIpc) is 2.36. The Morgan fingerprint density at radius 3 is 2.50 bits per heavy atom. The molecule has 0 bridgehead atoms. The van der Waals surface area contributed by atoms with Gasteiger partial charge in [0, 0.05) is 12.1 Å². The Kier molecular flexibility index (Phi) is 5.49. The molecule has 6 nitrogen and oxygen atoms in total. The molecule has 0 aliphatic carbocycles. The molecule has 0 saturated heterocycles. The van der Waals surface area contributed by atoms with Crippen LogP contribution in [0, 0.1) is 16.0 Å². The number of nitrogens with one attached hydrogen (secondary N) is 1. The largest absolute Gasteiger partial charge is 0.478 e. The van der Waals surface area contributed by atoms with E-state index in [9.17, 15) is 14.9 Å². The lowest BCUT2D eigenvalue weighted by Crippen LogP contribution is -2.19. The van der Waals surface area contributed by atoms with Gasteiger partial charge in [-0.3, -0.25) is 10.1 Å². The van der Waals surface area contributed by atoms with Crippen LogP contribution in [0.4, 0.5) is 11.4 Å². The third-order valence-corrected chi connectivity index (χ3v) is 3.04. The third kappa shape index (κ3) is 4.22. The van der Waals surface area contributed by atoms with Crippen LogP contribution in [0.25, 0.3) is 0 Å². The summed E-state index contributed by atoms with van der Waals surface area (Å²) in [5.41, 5.74) is -0.196. The predicted octanol–water partition coefficient (Wildman–Crippen LogP) is 3.53. The highest BCUT2D eigenvalue weighted by molar-refractivity contribution is 5.96. The molecule has 1 aromatic carbocycles. The fourth-order valence-electron chi connectivity index (χ4n) is 1.92. The van der Waals surface area contributed by atoms with Gasteiger partial charge < -0.3 is 10.4 Å². The summed E-state index contributed by atoms with van der Waals surface area (Å²) in [6, 6.07) is 4.03. The molecule has 1 aromatic rings. The van der Waals surface area contributed by atoms with Crippen molar-refractivity contribution in [2.24, 2.45) is 5.92 Å². The number of nitro benzene ring substituents is 1. The van der Waals surface area contributed by atoms with Crippen LogP contribution >= 0.6 is 0 Å². The van der Waals surface area contributed by atoms with E-state index in [4.69, 9.17) is 5.11 Å². The number of carboxylic acids is 1. The second kappa shape index (κ2) is 6.88. The molecule has 0 radical (unpaired) electrons. The Morgan fingerprint density at radius 2 is 2.00 bits per heavy atom. The molecule has 6 heteroatoms. The van der Waals surface area contributed by atoms with E-state index in [2.05, 4.69) is 19.2 Å². The fourth-order valence-corrected chi connectivity index (χ4v) is 1.92. The van der Waals surface area contributed by atoms with Crippen molar-refractivity contribution in [3.05, 3.63) is 33.9 Å². The van der Waals surface area contributed by atoms with Gasteiger partial charge in [-0.05, 0) is 31.7 Å². The molecule has 0 fully saturated rings. The number of carboxylic acid groups (broad SMARTS) is 1. The molecule has 0 aliphatic rings. The number of hydrogen-bond donors (Lipinski definition) is 2. The summed E-state index contributed by atoms with van der Waals surface area (Å²) in [4.78, 5) is 21.6. The van der Waals surface area contributed by atoms with Crippen LogP contribution in [0.3, 0.4) is 0 Å². The fraction of sp³-hybridized carbons (Fsp3) is 0.500. The van der Waals surface area contributed by atoms with E-state index in [-0.39, 0.29) is 23.0 Å². The van der Waals surface area contributed by atoms with Crippen molar-refractivity contribution in [1.82, 2.24) is 0 Å². The zero-order chi connectivity index (χ0) is 15.3. The van der Waals surface area contributed by atoms with Gasteiger partial charge in [0.05, 0.1) is 10.5 Å². The summed E-state index contributed by atoms with van der Waals surface area (Å²) >= 11 is 0. The second-order valence-corrected chi connectivity index (χ2v) is 5.28. The maximum atomic E-state index is 11.2. The molecular weight excluding hydrogens is 260 g/mol. The average molecular weight is 280 g/mol. The monoisotopic (exact) mass is 280 g/mol. The Balaban J connectivity index is 3.01. The molecular formula is C14H20N2O4. The number of carbonyl (C=O) groups is 1. The molecule has 1 unspecified atom stereocenters. The molecule has 0 amide bonds. The van der Waals surface area contributed by atoms with Crippen molar-refractivity contribution in [2.75, 3.05) is 5.32 Å². The van der Waals surface area contributed by atoms with Gasteiger partial charge in [0.1, 0.15) is 5.69 Å². The van der Waals surface area contributed by atoms with E-state index >= 15 is 0 Å². The first-order chi connectivity index (χ1) is 9.32. The van der Waals surface area contributed by atoms with Gasteiger partial charge in [0.2, 0.25) is 0 Å². The van der Waals surface area contributed by atoms with Crippen LogP contribution in [-0.2, 0) is 0 Å². The van der Waals surface area contributed by atoms with Gasteiger partial charge in [0.25, 0.3) is 5.69 Å². The number of para-hydroxylation sites is 1. The number of rotatable bonds is 7. The van der Waals surface area contributed by atoms with Gasteiger partial charge >= 0.3 is 5.97 Å². The van der Waals surface area contributed by atoms with Gasteiger partial charge in [0.15, 0.2) is 0 Å². The summed E-state index contributed by atoms with van der Waals surface area (Å²) in [5.74, 6) is -0.642. The summed E-state index contributed by atoms with van der Waals surface area (Å²) in [6.45, 7) is 6.09. The molecule has 0 saturated carbocycles. The Hall–Kier alpha value is -2.11. The Morgan fingerprint density at radius 1 is 1.35 bits per heavy atom. The van der Waals surface area contributed by atoms with Crippen molar-refractivity contribution in [3.63, 3.8) is 0 Å². The van der Waals surface area contributed by atoms with Crippen molar-refractivity contribution in [3.8, 4) is 0 Å². The minimum atomic E-state index is -1.17. The standard InChI is InChI=1S/C14H20N2O4/c1-9(2)7-8-10(3)15-13-11(14(17)18)5-4-6-12(13)16(19)20/h4-6,9-10,15H,7-8H2,1-3H3,(H,17,18). The van der Waals surface area contributed by atoms with E-state index < -0.39 is 10.9 Å². The van der Waals surface area contributed by atoms with E-state index in [1.807, 2.05) is 6.92 Å². The minimum Gasteiger partial charge on any atom is -0.478 e. The second-order valence-electron chi connectivity index (χ2n) is 5.28. The van der Waals surface area contributed by atoms with Gasteiger partial charge in [-0.2, -0.15) is 0 Å². The van der Waals surface area contributed by atoms with Crippen LogP contribution < -0.4 is 5.32 Å². The molecule has 20 heavy (non-hydrogen) atoms. The maximum absolute atomic E-state index is 11.2. The predicted molar refractivity (Wildman–Crippen MR) is 77.2 cm³/mol. The number of anilines is 1. The lowest BCUT2D eigenvalue weighted by molar-refractivity contribution is -0.384. The minimum absolute atomic E-state index is 0.0309. The number of nitrogens with zero attached hydrogens (tertiary/aromatic N) is 1. The Labute approximate surface area is 118 Å². The summed E-state index contributed by atoms with van der Waals surface area (Å²) in [6.07, 6.45) is 1.79. The molecule has 110 valence electrons. The highest BCUT2D eigenvalue weighted by Gasteiger charge is 2.22. The highest BCUT2D eigenvalue weighted by Crippen LogP contribution is 2.29. The van der Waals surface area contributed by atoms with Gasteiger partial charge in [-0.1, -0.05) is 19.9 Å². The van der Waals surface area contributed by atoms with Crippen LogP contribution in [0.5, 0.6) is 0 Å². The molecule has 0 aromatic heterocycles. The van der Waals surface area contributed by atoms with Crippen molar-refractivity contribution in [2.45, 2.75) is 39.7 Å². The van der Waals surface area contributed by atoms with Crippen LogP contribution in [0.15, 0.2) is 18.2 Å². The normalized spacial score (nSPS) is 12.2. The van der Waals surface area contributed by atoms with E-state index in [1.165, 1.54) is 18.2 Å². The van der Waals surface area contributed by atoms with E-state index in [0.29, 0.717) is 5.92 Å². The molecule has 1 atom stereocenters. The summed E-state index contributed by atoms with van der Waals surface area (Å²) < 4.78 is 0. The molecule has 0 aliphatic heterocycles. The van der Waals surface area contributed by atoms with Crippen LogP contribution in [-0.4, -0.2) is 22.0 Å². The SMILES string of the molecule is CC(C)CCC(C)Nc1c(C(=O)O)cccc1[N+](=O)[O-]. The summed E-state index contributed by atoms with van der Waals surface area (Å²) in [7, 11) is 0. The molecule has 0 spiro atoms. The van der Waals surface area contributed by atoms with E-state index in [1.54, 1.807) is 0 Å². The summed E-state index contributed by atoms with van der Waals surface area (Å²) in [5, 5.41) is 23.1. The van der Waals surface area contributed by atoms with Crippen LogP contribution in [0.2, 0.25) is 0 Å². The molecule has 2 N–H and O–H groups in total. The van der Waals surface area contributed by atoms with Crippen molar-refractivity contribution < 1.29 is 14.8 Å². The topological polar surface area (TPSA) is 92.5 Å². The number of aromatic carboxylic acids is 1. The first-order valence-electron chi connectivity index (χ1n) is 6.60. The van der Waals surface area contributed by atoms with Crippen molar-refractivity contribution >= 4 is 17.3 Å². The number of hydrogen-bond acceptors (Lipinski definition) is 4. The number of benzene rings is 1. The lowest BCUT2D eigenvalue weighted by Gasteiger charge is -2.17. The first kappa shape index (κ1) is 15.9. The van der Waals surface area contributed by atoms with Gasteiger partial charge in [-0.15, -0.1) is 0 Å². The molecule has 1 rings (SSSR count). The zero-order valence-electron chi connectivity index (χ0n) is 11.9. The van der Waals surface area contributed by atoms with Crippen molar-refractivity contribution in [1.29, 1.82) is 0 Å². The zero-order valence-corrected chi connectivity index (χ0v) is 11.9. The number of nitro groups is 1. The lowest BCUT2D eigenvalue weighted by atomic mass is 10.0. The Bertz CT molecular complexity index is 468. The third-order valence-electron chi connectivity index (χ3n) is 3.04.